The van der Waals surface area contributed by atoms with Gasteiger partial charge in [0, 0.05) is 13.0 Å². The first-order valence-electron chi connectivity index (χ1n) is 5.62. The predicted molar refractivity (Wildman–Crippen MR) is 68.2 cm³/mol. The molecule has 1 amide bonds. The van der Waals surface area contributed by atoms with E-state index in [9.17, 15) is 9.59 Å². The average Bonchev–Trinajstić information content (AvgIpc) is 2.35. The van der Waals surface area contributed by atoms with E-state index in [1.165, 1.54) is 6.07 Å². The quantitative estimate of drug-likeness (QED) is 0.609. The van der Waals surface area contributed by atoms with Crippen LogP contribution in [-0.2, 0) is 11.2 Å². The van der Waals surface area contributed by atoms with Gasteiger partial charge in [-0.15, -0.1) is 11.8 Å². The minimum Gasteiger partial charge on any atom is -0.478 e. The fourth-order valence-corrected chi connectivity index (χ4v) is 1.51. The van der Waals surface area contributed by atoms with Gasteiger partial charge in [0.25, 0.3) is 0 Å². The van der Waals surface area contributed by atoms with Crippen molar-refractivity contribution >= 4 is 11.9 Å². The van der Waals surface area contributed by atoms with E-state index in [0.717, 1.165) is 0 Å². The van der Waals surface area contributed by atoms with Gasteiger partial charge in [-0.2, -0.15) is 0 Å². The molecule has 0 spiro atoms. The maximum absolute atomic E-state index is 11.6. The summed E-state index contributed by atoms with van der Waals surface area (Å²) in [4.78, 5) is 22.6. The number of hydrogen-bond donors (Lipinski definition) is 2. The second-order valence-corrected chi connectivity index (χ2v) is 3.67. The third-order valence-electron chi connectivity index (χ3n) is 2.35. The number of nitrogens with one attached hydrogen (secondary N) is 1. The number of aromatic carboxylic acids is 1. The summed E-state index contributed by atoms with van der Waals surface area (Å²) in [5.74, 6) is 4.36. The molecule has 0 bridgehead atoms. The molecule has 0 atom stereocenters. The highest BCUT2D eigenvalue weighted by Gasteiger charge is 2.11. The van der Waals surface area contributed by atoms with Crippen LogP contribution in [0.4, 0.5) is 0 Å². The minimum absolute atomic E-state index is 0.0715. The van der Waals surface area contributed by atoms with Crippen molar-refractivity contribution in [1.29, 1.82) is 0 Å². The van der Waals surface area contributed by atoms with Crippen LogP contribution in [0, 0.1) is 11.8 Å². The molecule has 0 aliphatic rings. The lowest BCUT2D eigenvalue weighted by Gasteiger charge is -2.06. The van der Waals surface area contributed by atoms with Gasteiger partial charge in [0.15, 0.2) is 0 Å². The Hall–Kier alpha value is -2.28. The van der Waals surface area contributed by atoms with Crippen LogP contribution in [0.1, 0.15) is 29.3 Å². The molecule has 0 aromatic heterocycles. The Balaban J connectivity index is 2.58. The first kappa shape index (κ1) is 13.8. The summed E-state index contributed by atoms with van der Waals surface area (Å²) >= 11 is 0. The van der Waals surface area contributed by atoms with Gasteiger partial charge in [-0.3, -0.25) is 4.79 Å². The van der Waals surface area contributed by atoms with Crippen LogP contribution in [0.25, 0.3) is 0 Å². The van der Waals surface area contributed by atoms with E-state index >= 15 is 0 Å². The van der Waals surface area contributed by atoms with Crippen molar-refractivity contribution in [3.8, 4) is 11.8 Å². The van der Waals surface area contributed by atoms with Gasteiger partial charge in [-0.25, -0.2) is 4.79 Å². The van der Waals surface area contributed by atoms with Gasteiger partial charge < -0.3 is 10.4 Å². The summed E-state index contributed by atoms with van der Waals surface area (Å²) < 4.78 is 0. The van der Waals surface area contributed by atoms with E-state index in [-0.39, 0.29) is 17.9 Å². The lowest BCUT2D eigenvalue weighted by atomic mass is 10.0. The maximum atomic E-state index is 11.6. The molecule has 18 heavy (non-hydrogen) atoms. The number of carboxylic acids is 1. The zero-order valence-corrected chi connectivity index (χ0v) is 10.2. The van der Waals surface area contributed by atoms with Crippen molar-refractivity contribution in [1.82, 2.24) is 5.32 Å². The fraction of sp³-hybridized carbons (Fsp3) is 0.286. The van der Waals surface area contributed by atoms with Crippen molar-refractivity contribution in [3.63, 3.8) is 0 Å². The lowest BCUT2D eigenvalue weighted by molar-refractivity contribution is -0.120. The van der Waals surface area contributed by atoms with Crippen molar-refractivity contribution in [3.05, 3.63) is 35.4 Å². The molecule has 0 aliphatic heterocycles. The van der Waals surface area contributed by atoms with Crippen molar-refractivity contribution in [2.75, 3.05) is 6.54 Å². The number of rotatable bonds is 5. The second-order valence-electron chi connectivity index (χ2n) is 3.67. The molecular weight excluding hydrogens is 230 g/mol. The molecule has 0 heterocycles. The zero-order chi connectivity index (χ0) is 13.4. The smallest absolute Gasteiger partial charge is 0.335 e. The summed E-state index contributed by atoms with van der Waals surface area (Å²) in [6.07, 6.45) is 0.671. The van der Waals surface area contributed by atoms with Crippen LogP contribution in [0.5, 0.6) is 0 Å². The van der Waals surface area contributed by atoms with Crippen molar-refractivity contribution in [2.45, 2.75) is 19.8 Å². The summed E-state index contributed by atoms with van der Waals surface area (Å²) in [6.45, 7) is 2.22. The molecule has 1 rings (SSSR count). The molecule has 94 valence electrons. The van der Waals surface area contributed by atoms with Crippen molar-refractivity contribution in [2.24, 2.45) is 0 Å². The Morgan fingerprint density at radius 3 is 2.72 bits per heavy atom. The average molecular weight is 245 g/mol. The molecule has 1 aromatic rings. The minimum atomic E-state index is -1.02. The van der Waals surface area contributed by atoms with E-state index in [0.29, 0.717) is 18.5 Å². The third-order valence-corrected chi connectivity index (χ3v) is 2.35. The Labute approximate surface area is 106 Å². The molecule has 0 saturated heterocycles. The summed E-state index contributed by atoms with van der Waals surface area (Å²) in [5.41, 5.74) is 0.685. The first-order valence-corrected chi connectivity index (χ1v) is 5.62. The molecule has 4 nitrogen and oxygen atoms in total. The molecule has 2 N–H and O–H groups in total. The van der Waals surface area contributed by atoms with Crippen LogP contribution in [0.2, 0.25) is 0 Å². The number of hydrogen-bond acceptors (Lipinski definition) is 2. The highest BCUT2D eigenvalue weighted by atomic mass is 16.4. The van der Waals surface area contributed by atoms with Gasteiger partial charge in [0.05, 0.1) is 12.0 Å². The first-order chi connectivity index (χ1) is 8.65. The Bertz CT molecular complexity index is 497. The van der Waals surface area contributed by atoms with Gasteiger partial charge in [0.1, 0.15) is 0 Å². The van der Waals surface area contributed by atoms with Gasteiger partial charge in [0.2, 0.25) is 5.91 Å². The molecule has 0 radical (unpaired) electrons. The standard InChI is InChI=1S/C14H15NO3/c1-2-3-6-9-15-13(16)10-11-7-4-5-8-12(11)14(17)18/h4-5,7-8H,6,9-10H2,1H3,(H,15,16)(H,17,18). The zero-order valence-electron chi connectivity index (χ0n) is 10.2. The van der Waals surface area contributed by atoms with Crippen molar-refractivity contribution < 1.29 is 14.7 Å². The molecule has 4 heteroatoms. The lowest BCUT2D eigenvalue weighted by Crippen LogP contribution is -2.26. The predicted octanol–water partition coefficient (Wildman–Crippen LogP) is 1.46. The maximum Gasteiger partial charge on any atom is 0.335 e. The Kier molecular flexibility index (Phi) is 5.46. The number of benzene rings is 1. The van der Waals surface area contributed by atoms with E-state index in [1.807, 2.05) is 0 Å². The van der Waals surface area contributed by atoms with Crippen LogP contribution < -0.4 is 5.32 Å². The van der Waals surface area contributed by atoms with E-state index in [1.54, 1.807) is 25.1 Å². The van der Waals surface area contributed by atoms with Gasteiger partial charge in [-0.05, 0) is 18.6 Å². The topological polar surface area (TPSA) is 66.4 Å². The summed E-state index contributed by atoms with van der Waals surface area (Å²) in [7, 11) is 0. The van der Waals surface area contributed by atoms with Gasteiger partial charge in [-0.1, -0.05) is 18.2 Å². The van der Waals surface area contributed by atoms with E-state index < -0.39 is 5.97 Å². The highest BCUT2D eigenvalue weighted by molar-refractivity contribution is 5.91. The van der Waals surface area contributed by atoms with E-state index in [2.05, 4.69) is 17.2 Å². The number of amides is 1. The van der Waals surface area contributed by atoms with Crippen LogP contribution >= 0.6 is 0 Å². The summed E-state index contributed by atoms with van der Waals surface area (Å²) in [6, 6.07) is 6.50. The second kappa shape index (κ2) is 7.13. The largest absolute Gasteiger partial charge is 0.478 e. The molecule has 0 saturated carbocycles. The molecule has 0 aliphatic carbocycles. The van der Waals surface area contributed by atoms with Crippen LogP contribution in [-0.4, -0.2) is 23.5 Å². The molecule has 0 fully saturated rings. The summed E-state index contributed by atoms with van der Waals surface area (Å²) in [5, 5.41) is 11.7. The highest BCUT2D eigenvalue weighted by Crippen LogP contribution is 2.09. The normalized spacial score (nSPS) is 9.17. The molecule has 0 unspecified atom stereocenters. The van der Waals surface area contributed by atoms with E-state index in [4.69, 9.17) is 5.11 Å². The molecule has 1 aromatic carbocycles. The number of carbonyl (C=O) groups is 2. The number of carboxylic acid groups (broad SMARTS) is 1. The number of carbonyl (C=O) groups excluding carboxylic acids is 1. The monoisotopic (exact) mass is 245 g/mol. The Morgan fingerprint density at radius 1 is 1.33 bits per heavy atom. The molecular formula is C14H15NO3. The fourth-order valence-electron chi connectivity index (χ4n) is 1.51. The van der Waals surface area contributed by atoms with Crippen LogP contribution in [0.3, 0.4) is 0 Å². The van der Waals surface area contributed by atoms with Gasteiger partial charge >= 0.3 is 5.97 Å². The third kappa shape index (κ3) is 4.30. The van der Waals surface area contributed by atoms with Crippen LogP contribution in [0.15, 0.2) is 24.3 Å². The SMILES string of the molecule is CC#CCCNC(=O)Cc1ccccc1C(=O)O. The Morgan fingerprint density at radius 2 is 2.06 bits per heavy atom.